The SMILES string of the molecule is CNS(=O)(=O)c1ccc(NC(=O)/C=C/c2ccccc2Cl)cc1. The summed E-state index contributed by atoms with van der Waals surface area (Å²) in [6, 6.07) is 13.0. The Labute approximate surface area is 140 Å². The molecule has 2 aromatic rings. The van der Waals surface area contributed by atoms with Crippen molar-refractivity contribution in [3.8, 4) is 0 Å². The maximum Gasteiger partial charge on any atom is 0.248 e. The third-order valence-corrected chi connectivity index (χ3v) is 4.79. The molecule has 2 rings (SSSR count). The maximum atomic E-state index is 11.9. The average molecular weight is 351 g/mol. The summed E-state index contributed by atoms with van der Waals surface area (Å²) in [6.45, 7) is 0. The van der Waals surface area contributed by atoms with E-state index in [1.807, 2.05) is 6.07 Å². The number of carbonyl (C=O) groups excluding carboxylic acids is 1. The lowest BCUT2D eigenvalue weighted by atomic mass is 10.2. The number of halogens is 1. The van der Waals surface area contributed by atoms with Gasteiger partial charge in [-0.2, -0.15) is 0 Å². The molecule has 1 amide bonds. The van der Waals surface area contributed by atoms with Gasteiger partial charge in [-0.15, -0.1) is 0 Å². The van der Waals surface area contributed by atoms with Crippen LogP contribution in [0.1, 0.15) is 5.56 Å². The van der Waals surface area contributed by atoms with E-state index in [9.17, 15) is 13.2 Å². The van der Waals surface area contributed by atoms with Gasteiger partial charge in [0.25, 0.3) is 0 Å². The lowest BCUT2D eigenvalue weighted by molar-refractivity contribution is -0.111. The molecule has 7 heteroatoms. The summed E-state index contributed by atoms with van der Waals surface area (Å²) in [5.74, 6) is -0.339. The first kappa shape index (κ1) is 17.2. The Bertz CT molecular complexity index is 831. The quantitative estimate of drug-likeness (QED) is 0.814. The second-order valence-electron chi connectivity index (χ2n) is 4.58. The van der Waals surface area contributed by atoms with E-state index in [2.05, 4.69) is 10.0 Å². The first-order valence-corrected chi connectivity index (χ1v) is 8.56. The average Bonchev–Trinajstić information content (AvgIpc) is 2.54. The van der Waals surface area contributed by atoms with Gasteiger partial charge in [0.2, 0.25) is 15.9 Å². The van der Waals surface area contributed by atoms with E-state index < -0.39 is 10.0 Å². The molecule has 0 aliphatic rings. The predicted molar refractivity (Wildman–Crippen MR) is 91.8 cm³/mol. The monoisotopic (exact) mass is 350 g/mol. The third kappa shape index (κ3) is 4.66. The molecule has 0 saturated carbocycles. The Morgan fingerprint density at radius 1 is 1.09 bits per heavy atom. The van der Waals surface area contributed by atoms with Crippen molar-refractivity contribution < 1.29 is 13.2 Å². The zero-order valence-electron chi connectivity index (χ0n) is 12.3. The van der Waals surface area contributed by atoms with Crippen molar-refractivity contribution in [2.24, 2.45) is 0 Å². The molecule has 0 unspecified atom stereocenters. The number of benzene rings is 2. The number of hydrogen-bond donors (Lipinski definition) is 2. The summed E-state index contributed by atoms with van der Waals surface area (Å²) in [6.07, 6.45) is 2.97. The van der Waals surface area contributed by atoms with Crippen molar-refractivity contribution in [1.29, 1.82) is 0 Å². The minimum Gasteiger partial charge on any atom is -0.323 e. The molecular weight excluding hydrogens is 336 g/mol. The van der Waals surface area contributed by atoms with Crippen molar-refractivity contribution in [2.75, 3.05) is 12.4 Å². The van der Waals surface area contributed by atoms with Gasteiger partial charge in [0.1, 0.15) is 0 Å². The van der Waals surface area contributed by atoms with Crippen molar-refractivity contribution >= 4 is 39.3 Å². The van der Waals surface area contributed by atoms with E-state index in [0.29, 0.717) is 10.7 Å². The van der Waals surface area contributed by atoms with Crippen LogP contribution in [0.25, 0.3) is 6.08 Å². The van der Waals surface area contributed by atoms with Crippen LogP contribution in [0, 0.1) is 0 Å². The summed E-state index contributed by atoms with van der Waals surface area (Å²) in [7, 11) is -2.15. The molecule has 120 valence electrons. The Balaban J connectivity index is 2.05. The van der Waals surface area contributed by atoms with Gasteiger partial charge < -0.3 is 5.32 Å². The summed E-state index contributed by atoms with van der Waals surface area (Å²) >= 11 is 6.00. The lowest BCUT2D eigenvalue weighted by Crippen LogP contribution is -2.18. The van der Waals surface area contributed by atoms with Crippen LogP contribution in [-0.2, 0) is 14.8 Å². The number of hydrogen-bond acceptors (Lipinski definition) is 3. The highest BCUT2D eigenvalue weighted by Crippen LogP contribution is 2.17. The normalized spacial score (nSPS) is 11.6. The van der Waals surface area contributed by atoms with E-state index in [-0.39, 0.29) is 10.8 Å². The molecule has 0 aliphatic carbocycles. The molecule has 0 saturated heterocycles. The van der Waals surface area contributed by atoms with E-state index >= 15 is 0 Å². The molecule has 5 nitrogen and oxygen atoms in total. The molecular formula is C16H15ClN2O3S. The van der Waals surface area contributed by atoms with Crippen molar-refractivity contribution in [2.45, 2.75) is 4.90 Å². The Morgan fingerprint density at radius 3 is 2.35 bits per heavy atom. The summed E-state index contributed by atoms with van der Waals surface area (Å²) < 4.78 is 25.4. The number of rotatable bonds is 5. The molecule has 0 atom stereocenters. The second kappa shape index (κ2) is 7.41. The number of anilines is 1. The van der Waals surface area contributed by atoms with Crippen LogP contribution in [0.5, 0.6) is 0 Å². The van der Waals surface area contributed by atoms with Crippen molar-refractivity contribution in [3.05, 3.63) is 65.2 Å². The Kier molecular flexibility index (Phi) is 5.54. The smallest absolute Gasteiger partial charge is 0.248 e. The molecule has 2 aromatic carbocycles. The largest absolute Gasteiger partial charge is 0.323 e. The highest BCUT2D eigenvalue weighted by molar-refractivity contribution is 7.89. The van der Waals surface area contributed by atoms with Crippen LogP contribution in [-0.4, -0.2) is 21.4 Å². The van der Waals surface area contributed by atoms with Crippen molar-refractivity contribution in [1.82, 2.24) is 4.72 Å². The number of nitrogens with one attached hydrogen (secondary N) is 2. The number of sulfonamides is 1. The van der Waals surface area contributed by atoms with Gasteiger partial charge in [0.05, 0.1) is 4.90 Å². The molecule has 0 aliphatic heterocycles. The molecule has 0 heterocycles. The fraction of sp³-hybridized carbons (Fsp3) is 0.0625. The highest BCUT2D eigenvalue weighted by atomic mass is 35.5. The first-order chi connectivity index (χ1) is 10.9. The van der Waals surface area contributed by atoms with E-state index in [1.54, 1.807) is 24.3 Å². The van der Waals surface area contributed by atoms with E-state index in [1.165, 1.54) is 37.4 Å². The fourth-order valence-corrected chi connectivity index (χ4v) is 2.72. The minimum absolute atomic E-state index is 0.129. The summed E-state index contributed by atoms with van der Waals surface area (Å²) in [5.41, 5.74) is 1.23. The lowest BCUT2D eigenvalue weighted by Gasteiger charge is -2.05. The van der Waals surface area contributed by atoms with Crippen LogP contribution < -0.4 is 10.0 Å². The third-order valence-electron chi connectivity index (χ3n) is 3.02. The predicted octanol–water partition coefficient (Wildman–Crippen LogP) is 2.90. The van der Waals surface area contributed by atoms with Crippen LogP contribution >= 0.6 is 11.6 Å². The van der Waals surface area contributed by atoms with Crippen LogP contribution in [0.3, 0.4) is 0 Å². The van der Waals surface area contributed by atoms with Crippen LogP contribution in [0.15, 0.2) is 59.5 Å². The number of carbonyl (C=O) groups is 1. The van der Waals surface area contributed by atoms with Gasteiger partial charge in [-0.25, -0.2) is 13.1 Å². The molecule has 0 fully saturated rings. The Hall–Kier alpha value is -2.15. The molecule has 0 radical (unpaired) electrons. The summed E-state index contributed by atoms with van der Waals surface area (Å²) in [4.78, 5) is 12.0. The fourth-order valence-electron chi connectivity index (χ4n) is 1.79. The van der Waals surface area contributed by atoms with E-state index in [0.717, 1.165) is 5.56 Å². The maximum absolute atomic E-state index is 11.9. The van der Waals surface area contributed by atoms with Gasteiger partial charge in [-0.3, -0.25) is 4.79 Å². The molecule has 0 bridgehead atoms. The molecule has 23 heavy (non-hydrogen) atoms. The van der Waals surface area contributed by atoms with Crippen LogP contribution in [0.4, 0.5) is 5.69 Å². The highest BCUT2D eigenvalue weighted by Gasteiger charge is 2.10. The molecule has 0 aromatic heterocycles. The van der Waals surface area contributed by atoms with Gasteiger partial charge in [-0.1, -0.05) is 29.8 Å². The second-order valence-corrected chi connectivity index (χ2v) is 6.87. The van der Waals surface area contributed by atoms with Crippen LogP contribution in [0.2, 0.25) is 5.02 Å². The minimum atomic E-state index is -3.49. The molecule has 2 N–H and O–H groups in total. The van der Waals surface area contributed by atoms with E-state index in [4.69, 9.17) is 11.6 Å². The summed E-state index contributed by atoms with van der Waals surface area (Å²) in [5, 5.41) is 3.20. The Morgan fingerprint density at radius 2 is 1.74 bits per heavy atom. The topological polar surface area (TPSA) is 75.3 Å². The van der Waals surface area contributed by atoms with Gasteiger partial charge in [0.15, 0.2) is 0 Å². The first-order valence-electron chi connectivity index (χ1n) is 6.69. The zero-order chi connectivity index (χ0) is 16.9. The van der Waals surface area contributed by atoms with Gasteiger partial charge in [-0.05, 0) is 49.0 Å². The standard InChI is InChI=1S/C16H15ClN2O3S/c1-18-23(21,22)14-9-7-13(8-10-14)19-16(20)11-6-12-4-2-3-5-15(12)17/h2-11,18H,1H3,(H,19,20)/b11-6+. The van der Waals surface area contributed by atoms with Gasteiger partial charge >= 0.3 is 0 Å². The molecule has 0 spiro atoms. The van der Waals surface area contributed by atoms with Gasteiger partial charge in [0, 0.05) is 16.8 Å². The number of amides is 1. The zero-order valence-corrected chi connectivity index (χ0v) is 13.9. The van der Waals surface area contributed by atoms with Crippen molar-refractivity contribution in [3.63, 3.8) is 0 Å².